The second-order valence-electron chi connectivity index (χ2n) is 13.4. The number of anilines is 1. The van der Waals surface area contributed by atoms with Gasteiger partial charge in [0.1, 0.15) is 5.75 Å². The minimum atomic E-state index is -0.119. The molecule has 0 aliphatic heterocycles. The predicted octanol–water partition coefficient (Wildman–Crippen LogP) is 7.66. The second-order valence-corrected chi connectivity index (χ2v) is 13.4. The van der Waals surface area contributed by atoms with E-state index < -0.39 is 0 Å². The van der Waals surface area contributed by atoms with E-state index in [9.17, 15) is 9.59 Å². The third-order valence-electron chi connectivity index (χ3n) is 10.2. The molecule has 0 unspecified atom stereocenters. The molecule has 0 N–H and O–H groups in total. The number of hydrogen-bond acceptors (Lipinski definition) is 6. The van der Waals surface area contributed by atoms with Crippen molar-refractivity contribution in [2.75, 3.05) is 25.2 Å². The van der Waals surface area contributed by atoms with Gasteiger partial charge in [-0.1, -0.05) is 12.1 Å². The molecule has 45 heavy (non-hydrogen) atoms. The number of aryl methyl sites for hydroxylation is 1. The largest absolute Gasteiger partial charge is 0.495 e. The van der Waals surface area contributed by atoms with E-state index in [2.05, 4.69) is 51.2 Å². The third-order valence-corrected chi connectivity index (χ3v) is 10.2. The summed E-state index contributed by atoms with van der Waals surface area (Å²) < 4.78 is 12.7. The van der Waals surface area contributed by atoms with Crippen LogP contribution in [0.15, 0.2) is 48.8 Å². The van der Waals surface area contributed by atoms with Gasteiger partial charge in [0.2, 0.25) is 5.91 Å². The highest BCUT2D eigenvalue weighted by molar-refractivity contribution is 5.95. The number of rotatable bonds is 11. The first-order valence-corrected chi connectivity index (χ1v) is 17.0. The van der Waals surface area contributed by atoms with Crippen LogP contribution in [0.1, 0.15) is 101 Å². The molecule has 8 nitrogen and oxygen atoms in total. The van der Waals surface area contributed by atoms with Gasteiger partial charge in [0.25, 0.3) is 0 Å². The summed E-state index contributed by atoms with van der Waals surface area (Å²) in [6.45, 7) is 5.00. The lowest BCUT2D eigenvalue weighted by Crippen LogP contribution is -2.41. The quantitative estimate of drug-likeness (QED) is 0.207. The number of aromatic nitrogens is 3. The Bertz CT molecular complexity index is 1460. The van der Waals surface area contributed by atoms with Crippen molar-refractivity contribution in [3.63, 3.8) is 0 Å². The van der Waals surface area contributed by atoms with E-state index >= 15 is 0 Å². The molecule has 0 radical (unpaired) electrons. The Balaban J connectivity index is 1.16. The smallest absolute Gasteiger partial charge is 0.306 e. The van der Waals surface area contributed by atoms with Crippen LogP contribution in [0.4, 0.5) is 5.69 Å². The zero-order chi connectivity index (χ0) is 31.3. The molecule has 8 heteroatoms. The van der Waals surface area contributed by atoms with Gasteiger partial charge in [-0.3, -0.25) is 19.3 Å². The van der Waals surface area contributed by atoms with Gasteiger partial charge in [0, 0.05) is 47.9 Å². The molecule has 3 aliphatic rings. The first-order chi connectivity index (χ1) is 21.9. The zero-order valence-electron chi connectivity index (χ0n) is 27.1. The molecule has 3 saturated carbocycles. The van der Waals surface area contributed by atoms with Crippen molar-refractivity contribution in [2.45, 2.75) is 96.4 Å². The number of nitrogens with zero attached hydrogens (tertiary/aromatic N) is 4. The van der Waals surface area contributed by atoms with Crippen LogP contribution < -0.4 is 9.64 Å². The van der Waals surface area contributed by atoms with E-state index in [0.717, 1.165) is 91.9 Å². The van der Waals surface area contributed by atoms with Crippen molar-refractivity contribution in [2.24, 2.45) is 17.8 Å². The SMILES string of the molecule is CCOC(=O)CC1CCC(C(=O)N(CC2CCC(c3ccc(OC)c(C)n3)CC2)c2cccc(-c3cnn(C4CC4)c3)c2)CC1. The molecule has 1 amide bonds. The van der Waals surface area contributed by atoms with Crippen LogP contribution in [-0.2, 0) is 14.3 Å². The fourth-order valence-electron chi connectivity index (χ4n) is 7.40. The average molecular weight is 613 g/mol. The van der Waals surface area contributed by atoms with Crippen LogP contribution in [0.2, 0.25) is 0 Å². The monoisotopic (exact) mass is 612 g/mol. The lowest BCUT2D eigenvalue weighted by atomic mass is 9.78. The first-order valence-electron chi connectivity index (χ1n) is 17.0. The van der Waals surface area contributed by atoms with Crippen molar-refractivity contribution >= 4 is 17.6 Å². The lowest BCUT2D eigenvalue weighted by Gasteiger charge is -2.36. The van der Waals surface area contributed by atoms with Gasteiger partial charge in [-0.05, 0) is 120 Å². The van der Waals surface area contributed by atoms with Crippen molar-refractivity contribution in [1.29, 1.82) is 0 Å². The molecule has 6 rings (SSSR count). The lowest BCUT2D eigenvalue weighted by molar-refractivity contribution is -0.144. The number of ether oxygens (including phenoxy) is 2. The molecule has 0 atom stereocenters. The highest BCUT2D eigenvalue weighted by Crippen LogP contribution is 2.39. The molecule has 240 valence electrons. The zero-order valence-corrected chi connectivity index (χ0v) is 27.1. The maximum atomic E-state index is 14.3. The minimum absolute atomic E-state index is 0.0208. The van der Waals surface area contributed by atoms with Crippen molar-refractivity contribution in [3.05, 3.63) is 60.2 Å². The molecular formula is C37H48N4O4. The Labute approximate surface area is 267 Å². The molecule has 3 aliphatic carbocycles. The molecule has 1 aromatic carbocycles. The maximum Gasteiger partial charge on any atom is 0.306 e. The Kier molecular flexibility index (Phi) is 9.86. The molecule has 0 saturated heterocycles. The van der Waals surface area contributed by atoms with Gasteiger partial charge < -0.3 is 14.4 Å². The molecule has 2 aromatic heterocycles. The molecule has 0 spiro atoms. The summed E-state index contributed by atoms with van der Waals surface area (Å²) in [5.41, 5.74) is 5.26. The molecular weight excluding hydrogens is 564 g/mol. The number of benzene rings is 1. The van der Waals surface area contributed by atoms with E-state index in [4.69, 9.17) is 14.5 Å². The van der Waals surface area contributed by atoms with Gasteiger partial charge in [-0.2, -0.15) is 5.10 Å². The fraction of sp³-hybridized carbons (Fsp3) is 0.568. The van der Waals surface area contributed by atoms with Crippen LogP contribution in [0.5, 0.6) is 5.75 Å². The Morgan fingerprint density at radius 1 is 0.933 bits per heavy atom. The summed E-state index contributed by atoms with van der Waals surface area (Å²) in [4.78, 5) is 33.4. The maximum absolute atomic E-state index is 14.3. The van der Waals surface area contributed by atoms with Crippen LogP contribution in [-0.4, -0.2) is 46.9 Å². The van der Waals surface area contributed by atoms with Crippen LogP contribution in [0.25, 0.3) is 11.1 Å². The van der Waals surface area contributed by atoms with E-state index in [1.165, 1.54) is 12.8 Å². The number of esters is 1. The van der Waals surface area contributed by atoms with Gasteiger partial charge >= 0.3 is 5.97 Å². The number of pyridine rings is 1. The van der Waals surface area contributed by atoms with Gasteiger partial charge in [-0.25, -0.2) is 0 Å². The number of amides is 1. The van der Waals surface area contributed by atoms with Crippen LogP contribution >= 0.6 is 0 Å². The average Bonchev–Trinajstić information content (AvgIpc) is 3.80. The van der Waals surface area contributed by atoms with E-state index in [1.807, 2.05) is 26.1 Å². The highest BCUT2D eigenvalue weighted by atomic mass is 16.5. The van der Waals surface area contributed by atoms with E-state index in [1.54, 1.807) is 7.11 Å². The molecule has 3 aromatic rings. The summed E-state index contributed by atoms with van der Waals surface area (Å²) in [7, 11) is 1.69. The van der Waals surface area contributed by atoms with Crippen LogP contribution in [0, 0.1) is 24.7 Å². The third kappa shape index (κ3) is 7.59. The Hall–Kier alpha value is -3.68. The number of hydrogen-bond donors (Lipinski definition) is 0. The number of carbonyl (C=O) groups is 2. The summed E-state index contributed by atoms with van der Waals surface area (Å²) in [6, 6.07) is 13.1. The topological polar surface area (TPSA) is 86.6 Å². The number of methoxy groups -OCH3 is 1. The predicted molar refractivity (Wildman–Crippen MR) is 175 cm³/mol. The van der Waals surface area contributed by atoms with Crippen LogP contribution in [0.3, 0.4) is 0 Å². The molecule has 0 bridgehead atoms. The Morgan fingerprint density at radius 3 is 2.38 bits per heavy atom. The fourth-order valence-corrected chi connectivity index (χ4v) is 7.40. The van der Waals surface area contributed by atoms with Crippen molar-refractivity contribution < 1.29 is 19.1 Å². The number of carbonyl (C=O) groups excluding carboxylic acids is 2. The normalized spacial score (nSPS) is 23.4. The molecule has 2 heterocycles. The summed E-state index contributed by atoms with van der Waals surface area (Å²) in [5.74, 6) is 2.10. The second kappa shape index (κ2) is 14.2. The Morgan fingerprint density at radius 2 is 1.69 bits per heavy atom. The van der Waals surface area contributed by atoms with E-state index in [0.29, 0.717) is 36.8 Å². The highest BCUT2D eigenvalue weighted by Gasteiger charge is 2.34. The van der Waals surface area contributed by atoms with Gasteiger partial charge in [-0.15, -0.1) is 0 Å². The summed E-state index contributed by atoms with van der Waals surface area (Å²) in [5, 5.41) is 4.61. The van der Waals surface area contributed by atoms with Gasteiger partial charge in [0.05, 0.1) is 31.6 Å². The summed E-state index contributed by atoms with van der Waals surface area (Å²) >= 11 is 0. The first kappa shape index (κ1) is 31.3. The molecule has 3 fully saturated rings. The van der Waals surface area contributed by atoms with E-state index in [-0.39, 0.29) is 17.8 Å². The van der Waals surface area contributed by atoms with Crippen molar-refractivity contribution in [1.82, 2.24) is 14.8 Å². The standard InChI is InChI=1S/C37H48N4O4/c1-4-45-36(42)20-26-8-14-29(15-9-26)37(43)40(33-7-5-6-30(21-33)31-22-38-41(24-31)32-16-17-32)23-27-10-12-28(13-11-27)34-18-19-35(44-3)25(2)39-34/h5-7,18-19,21-22,24,26-29,32H,4,8-17,20,23H2,1-3H3. The minimum Gasteiger partial charge on any atom is -0.495 e. The van der Waals surface area contributed by atoms with Gasteiger partial charge in [0.15, 0.2) is 0 Å². The summed E-state index contributed by atoms with van der Waals surface area (Å²) in [6.07, 6.45) is 14.7. The van der Waals surface area contributed by atoms with Crippen molar-refractivity contribution in [3.8, 4) is 16.9 Å².